The maximum absolute atomic E-state index is 3.60. The number of hydrogen-bond donors (Lipinski definition) is 0. The molecule has 0 bridgehead atoms. The number of rotatable bonds is 1. The SMILES string of the molecule is Cc1c[c-]ccc1.[CH2-]CCC.[Zn+2]. The molecule has 0 atom stereocenters. The van der Waals surface area contributed by atoms with E-state index in [4.69, 9.17) is 0 Å². The molecule has 0 amide bonds. The molecule has 1 aromatic carbocycles. The van der Waals surface area contributed by atoms with E-state index in [1.165, 1.54) is 12.0 Å². The van der Waals surface area contributed by atoms with Crippen LogP contribution < -0.4 is 0 Å². The van der Waals surface area contributed by atoms with Gasteiger partial charge in [-0.15, -0.1) is 0 Å². The van der Waals surface area contributed by atoms with Gasteiger partial charge in [0, 0.05) is 0 Å². The Morgan fingerprint density at radius 3 is 2.25 bits per heavy atom. The summed E-state index contributed by atoms with van der Waals surface area (Å²) in [5, 5.41) is 0. The predicted molar refractivity (Wildman–Crippen MR) is 50.3 cm³/mol. The maximum Gasteiger partial charge on any atom is 2.00 e. The third-order valence-corrected chi connectivity index (χ3v) is 1.22. The van der Waals surface area contributed by atoms with E-state index in [1.54, 1.807) is 0 Å². The van der Waals surface area contributed by atoms with E-state index >= 15 is 0 Å². The van der Waals surface area contributed by atoms with Crippen molar-refractivity contribution < 1.29 is 19.5 Å². The van der Waals surface area contributed by atoms with Gasteiger partial charge in [0.1, 0.15) is 0 Å². The Balaban J connectivity index is 0. The molecule has 0 aromatic heterocycles. The van der Waals surface area contributed by atoms with Crippen molar-refractivity contribution in [3.8, 4) is 0 Å². The van der Waals surface area contributed by atoms with Gasteiger partial charge in [0.15, 0.2) is 0 Å². The van der Waals surface area contributed by atoms with E-state index in [-0.39, 0.29) is 19.5 Å². The number of benzene rings is 1. The molecule has 0 N–H and O–H groups in total. The van der Waals surface area contributed by atoms with Crippen molar-refractivity contribution in [3.05, 3.63) is 42.8 Å². The van der Waals surface area contributed by atoms with Crippen LogP contribution in [0.2, 0.25) is 0 Å². The van der Waals surface area contributed by atoms with E-state index in [9.17, 15) is 0 Å². The van der Waals surface area contributed by atoms with E-state index in [0.717, 1.165) is 6.42 Å². The van der Waals surface area contributed by atoms with Gasteiger partial charge in [-0.1, -0.05) is 20.3 Å². The van der Waals surface area contributed by atoms with Gasteiger partial charge in [0.25, 0.3) is 0 Å². The maximum atomic E-state index is 3.60. The van der Waals surface area contributed by atoms with Crippen molar-refractivity contribution in [1.82, 2.24) is 0 Å². The molecule has 0 unspecified atom stereocenters. The predicted octanol–water partition coefficient (Wildman–Crippen LogP) is 3.41. The van der Waals surface area contributed by atoms with Gasteiger partial charge in [-0.25, -0.2) is 0 Å². The molecular formula is C11H16Zn. The second kappa shape index (κ2) is 10.8. The zero-order valence-electron chi connectivity index (χ0n) is 8.14. The second-order valence-corrected chi connectivity index (χ2v) is 2.43. The molecule has 0 spiro atoms. The van der Waals surface area contributed by atoms with Crippen LogP contribution in [0.15, 0.2) is 24.3 Å². The molecule has 1 aromatic rings. The van der Waals surface area contributed by atoms with Gasteiger partial charge in [-0.3, -0.25) is 0 Å². The van der Waals surface area contributed by atoms with Gasteiger partial charge < -0.3 is 6.92 Å². The van der Waals surface area contributed by atoms with E-state index in [0.29, 0.717) is 0 Å². The first kappa shape index (κ1) is 14.4. The van der Waals surface area contributed by atoms with Crippen molar-refractivity contribution in [2.45, 2.75) is 26.7 Å². The Kier molecular flexibility index (Phi) is 13.0. The monoisotopic (exact) mass is 212 g/mol. The zero-order valence-corrected chi connectivity index (χ0v) is 11.1. The molecule has 0 radical (unpaired) electrons. The normalized spacial score (nSPS) is 7.58. The Morgan fingerprint density at radius 1 is 1.50 bits per heavy atom. The summed E-state index contributed by atoms with van der Waals surface area (Å²) in [4.78, 5) is 0. The Hall–Kier alpha value is -0.157. The molecule has 0 nitrogen and oxygen atoms in total. The number of unbranched alkanes of at least 4 members (excludes halogenated alkanes) is 1. The van der Waals surface area contributed by atoms with Gasteiger partial charge in [-0.2, -0.15) is 42.3 Å². The molecule has 0 saturated heterocycles. The summed E-state index contributed by atoms with van der Waals surface area (Å²) in [6.45, 7) is 7.77. The molecule has 12 heavy (non-hydrogen) atoms. The zero-order chi connectivity index (χ0) is 8.53. The third-order valence-electron chi connectivity index (χ3n) is 1.22. The van der Waals surface area contributed by atoms with Crippen LogP contribution in [0.4, 0.5) is 0 Å². The van der Waals surface area contributed by atoms with E-state index in [1.807, 2.05) is 18.2 Å². The summed E-state index contributed by atoms with van der Waals surface area (Å²) >= 11 is 0. The largest absolute Gasteiger partial charge is 2.00 e. The van der Waals surface area contributed by atoms with Gasteiger partial charge in [-0.05, 0) is 0 Å². The summed E-state index contributed by atoms with van der Waals surface area (Å²) in [6, 6.07) is 10.8. The molecule has 1 rings (SSSR count). The van der Waals surface area contributed by atoms with E-state index in [2.05, 4.69) is 32.9 Å². The fourth-order valence-corrected chi connectivity index (χ4v) is 0.483. The van der Waals surface area contributed by atoms with Crippen LogP contribution in [0, 0.1) is 19.9 Å². The average molecular weight is 214 g/mol. The quantitative estimate of drug-likeness (QED) is 0.495. The van der Waals surface area contributed by atoms with Gasteiger partial charge in [0.05, 0.1) is 0 Å². The molecule has 0 saturated carbocycles. The summed E-state index contributed by atoms with van der Waals surface area (Å²) in [6.07, 6.45) is 2.28. The minimum atomic E-state index is 0. The number of aryl methyl sites for hydroxylation is 1. The molecular weight excluding hydrogens is 198 g/mol. The van der Waals surface area contributed by atoms with Crippen molar-refractivity contribution in [1.29, 1.82) is 0 Å². The van der Waals surface area contributed by atoms with Crippen molar-refractivity contribution >= 4 is 0 Å². The topological polar surface area (TPSA) is 0 Å². The molecule has 1 heteroatoms. The van der Waals surface area contributed by atoms with Crippen molar-refractivity contribution in [3.63, 3.8) is 0 Å². The van der Waals surface area contributed by atoms with Crippen LogP contribution in [-0.4, -0.2) is 0 Å². The minimum absolute atomic E-state index is 0. The standard InChI is InChI=1S/C7H7.C4H9.Zn/c1-7-5-3-2-4-6-7;1-3-4-2;/h2-3,5-6H,1H3;1,3-4H2,2H3;/q2*-1;+2. The fraction of sp³-hybridized carbons (Fsp3) is 0.364. The number of hydrogen-bond acceptors (Lipinski definition) is 0. The van der Waals surface area contributed by atoms with E-state index < -0.39 is 0 Å². The van der Waals surface area contributed by atoms with Gasteiger partial charge >= 0.3 is 19.5 Å². The van der Waals surface area contributed by atoms with Gasteiger partial charge in [0.2, 0.25) is 0 Å². The molecule has 0 fully saturated rings. The molecule has 0 heterocycles. The third kappa shape index (κ3) is 9.84. The smallest absolute Gasteiger partial charge is 0.343 e. The first-order chi connectivity index (χ1) is 5.31. The summed E-state index contributed by atoms with van der Waals surface area (Å²) in [5.74, 6) is 0. The van der Waals surface area contributed by atoms with Crippen LogP contribution in [0.25, 0.3) is 0 Å². The molecule has 0 aliphatic carbocycles. The first-order valence-electron chi connectivity index (χ1n) is 4.03. The average Bonchev–Trinajstić information content (AvgIpc) is 2.07. The Labute approximate surface area is 89.1 Å². The van der Waals surface area contributed by atoms with Crippen LogP contribution in [0.5, 0.6) is 0 Å². The van der Waals surface area contributed by atoms with Crippen LogP contribution >= 0.6 is 0 Å². The second-order valence-electron chi connectivity index (χ2n) is 2.43. The first-order valence-corrected chi connectivity index (χ1v) is 4.03. The van der Waals surface area contributed by atoms with Crippen LogP contribution in [-0.2, 0) is 19.5 Å². The van der Waals surface area contributed by atoms with Crippen LogP contribution in [0.1, 0.15) is 25.3 Å². The summed E-state index contributed by atoms with van der Waals surface area (Å²) in [7, 11) is 0. The fourth-order valence-electron chi connectivity index (χ4n) is 0.483. The summed E-state index contributed by atoms with van der Waals surface area (Å²) < 4.78 is 0. The Bertz CT molecular complexity index is 156. The van der Waals surface area contributed by atoms with Crippen molar-refractivity contribution in [2.75, 3.05) is 0 Å². The molecule has 0 aliphatic rings. The molecule has 62 valence electrons. The van der Waals surface area contributed by atoms with Crippen LogP contribution in [0.3, 0.4) is 0 Å². The molecule has 0 aliphatic heterocycles. The minimum Gasteiger partial charge on any atom is -0.343 e. The summed E-state index contributed by atoms with van der Waals surface area (Å²) in [5.41, 5.74) is 1.27. The van der Waals surface area contributed by atoms with Crippen molar-refractivity contribution in [2.24, 2.45) is 0 Å². The Morgan fingerprint density at radius 2 is 2.08 bits per heavy atom.